The van der Waals surface area contributed by atoms with Crippen molar-refractivity contribution < 1.29 is 19.1 Å². The number of fused-ring (bicyclic) bond motifs is 1. The van der Waals surface area contributed by atoms with E-state index in [1.807, 2.05) is 23.1 Å². The number of hydrogen-bond donors (Lipinski definition) is 0. The molecule has 1 aromatic carbocycles. The van der Waals surface area contributed by atoms with Crippen molar-refractivity contribution in [2.75, 3.05) is 70.1 Å². The highest BCUT2D eigenvalue weighted by atomic mass is 16.7. The Morgan fingerprint density at radius 2 is 1.97 bits per heavy atom. The van der Waals surface area contributed by atoms with Crippen molar-refractivity contribution >= 4 is 17.3 Å². The molecule has 4 rings (SSSR count). The molecule has 1 saturated heterocycles. The Kier molecular flexibility index (Phi) is 6.33. The van der Waals surface area contributed by atoms with E-state index < -0.39 is 4.92 Å². The first-order valence-electron chi connectivity index (χ1n) is 10.1. The highest BCUT2D eigenvalue weighted by Crippen LogP contribution is 2.35. The Bertz CT molecular complexity index is 934. The number of ether oxygens (including phenoxy) is 3. The van der Waals surface area contributed by atoms with Crippen LogP contribution in [-0.2, 0) is 11.3 Å². The van der Waals surface area contributed by atoms with Gasteiger partial charge in [0.25, 0.3) is 0 Å². The zero-order chi connectivity index (χ0) is 21.8. The number of aromatic nitrogens is 2. The second kappa shape index (κ2) is 9.31. The Hall–Kier alpha value is -3.18. The quantitative estimate of drug-likeness (QED) is 0.452. The van der Waals surface area contributed by atoms with E-state index in [1.165, 1.54) is 6.33 Å². The lowest BCUT2D eigenvalue weighted by molar-refractivity contribution is -0.383. The van der Waals surface area contributed by atoms with Crippen LogP contribution in [0.15, 0.2) is 24.5 Å². The van der Waals surface area contributed by atoms with E-state index in [-0.39, 0.29) is 12.5 Å². The fourth-order valence-electron chi connectivity index (χ4n) is 3.78. The van der Waals surface area contributed by atoms with Crippen LogP contribution in [0.4, 0.5) is 17.3 Å². The van der Waals surface area contributed by atoms with E-state index in [0.29, 0.717) is 37.9 Å². The SMILES string of the molecule is COCCN(C)c1ncnc(N2CCN(Cc3ccc4c(c3)OCO4)CC2)c1[N+](=O)[O-]. The number of hydrogen-bond acceptors (Lipinski definition) is 10. The lowest BCUT2D eigenvalue weighted by Crippen LogP contribution is -2.46. The number of anilines is 2. The summed E-state index contributed by atoms with van der Waals surface area (Å²) < 4.78 is 15.9. The van der Waals surface area contributed by atoms with E-state index in [4.69, 9.17) is 14.2 Å². The monoisotopic (exact) mass is 430 g/mol. The van der Waals surface area contributed by atoms with Crippen LogP contribution in [-0.4, -0.2) is 80.1 Å². The van der Waals surface area contributed by atoms with Crippen molar-refractivity contribution in [3.8, 4) is 11.5 Å². The van der Waals surface area contributed by atoms with Crippen molar-refractivity contribution in [3.05, 3.63) is 40.2 Å². The maximum Gasteiger partial charge on any atom is 0.353 e. The van der Waals surface area contributed by atoms with Gasteiger partial charge in [0.1, 0.15) is 6.33 Å². The zero-order valence-electron chi connectivity index (χ0n) is 17.7. The summed E-state index contributed by atoms with van der Waals surface area (Å²) in [6.45, 7) is 4.81. The molecular formula is C20H26N6O5. The molecule has 31 heavy (non-hydrogen) atoms. The largest absolute Gasteiger partial charge is 0.454 e. The van der Waals surface area contributed by atoms with E-state index in [9.17, 15) is 10.1 Å². The molecule has 0 unspecified atom stereocenters. The van der Waals surface area contributed by atoms with Crippen LogP contribution in [0.2, 0.25) is 0 Å². The normalized spacial score (nSPS) is 15.9. The molecule has 0 spiro atoms. The molecule has 0 N–H and O–H groups in total. The molecule has 0 saturated carbocycles. The number of nitro groups is 1. The first-order chi connectivity index (χ1) is 15.1. The van der Waals surface area contributed by atoms with Gasteiger partial charge < -0.3 is 24.0 Å². The lowest BCUT2D eigenvalue weighted by Gasteiger charge is -2.35. The fraction of sp³-hybridized carbons (Fsp3) is 0.500. The average Bonchev–Trinajstić information content (AvgIpc) is 3.25. The van der Waals surface area contributed by atoms with Gasteiger partial charge in [0.05, 0.1) is 11.5 Å². The molecule has 11 nitrogen and oxygen atoms in total. The zero-order valence-corrected chi connectivity index (χ0v) is 17.7. The minimum atomic E-state index is -0.396. The molecule has 0 atom stereocenters. The molecule has 11 heteroatoms. The third-order valence-corrected chi connectivity index (χ3v) is 5.47. The minimum absolute atomic E-state index is 0.0645. The van der Waals surface area contributed by atoms with Gasteiger partial charge in [0, 0.05) is 53.4 Å². The summed E-state index contributed by atoms with van der Waals surface area (Å²) in [5.74, 6) is 2.21. The van der Waals surface area contributed by atoms with Crippen molar-refractivity contribution in [1.29, 1.82) is 0 Å². The van der Waals surface area contributed by atoms with Crippen LogP contribution in [0.5, 0.6) is 11.5 Å². The summed E-state index contributed by atoms with van der Waals surface area (Å²) in [7, 11) is 3.36. The highest BCUT2D eigenvalue weighted by molar-refractivity contribution is 5.71. The number of methoxy groups -OCH3 is 1. The highest BCUT2D eigenvalue weighted by Gasteiger charge is 2.30. The van der Waals surface area contributed by atoms with Crippen molar-refractivity contribution in [2.24, 2.45) is 0 Å². The predicted octanol–water partition coefficient (Wildman–Crippen LogP) is 1.52. The molecular weight excluding hydrogens is 404 g/mol. The molecule has 2 aliphatic heterocycles. The summed E-state index contributed by atoms with van der Waals surface area (Å²) in [5, 5.41) is 11.9. The van der Waals surface area contributed by atoms with Gasteiger partial charge in [0.2, 0.25) is 18.4 Å². The standard InChI is InChI=1S/C20H26N6O5/c1-23(9-10-29-2)19-18(26(27)28)20(22-13-21-19)25-7-5-24(6-8-25)12-15-3-4-16-17(11-15)31-14-30-16/h3-4,11,13H,5-10,12,14H2,1-2H3. The Balaban J connectivity index is 1.44. The number of piperazine rings is 1. The van der Waals surface area contributed by atoms with Crippen LogP contribution in [0.3, 0.4) is 0 Å². The molecule has 2 aliphatic rings. The third kappa shape index (κ3) is 4.62. The third-order valence-electron chi connectivity index (χ3n) is 5.47. The van der Waals surface area contributed by atoms with Gasteiger partial charge in [-0.3, -0.25) is 15.0 Å². The smallest absolute Gasteiger partial charge is 0.353 e. The van der Waals surface area contributed by atoms with Crippen molar-refractivity contribution in [2.45, 2.75) is 6.54 Å². The van der Waals surface area contributed by atoms with Crippen molar-refractivity contribution in [3.63, 3.8) is 0 Å². The van der Waals surface area contributed by atoms with Crippen LogP contribution in [0, 0.1) is 10.1 Å². The lowest BCUT2D eigenvalue weighted by atomic mass is 10.1. The number of rotatable bonds is 8. The number of likely N-dealkylation sites (N-methyl/N-ethyl adjacent to an activating group) is 1. The van der Waals surface area contributed by atoms with Crippen LogP contribution in [0.1, 0.15) is 5.56 Å². The van der Waals surface area contributed by atoms with E-state index in [2.05, 4.69) is 14.9 Å². The van der Waals surface area contributed by atoms with Gasteiger partial charge in [-0.05, 0) is 17.7 Å². The predicted molar refractivity (Wildman–Crippen MR) is 114 cm³/mol. The summed E-state index contributed by atoms with van der Waals surface area (Å²) in [6.07, 6.45) is 1.39. The van der Waals surface area contributed by atoms with E-state index in [1.54, 1.807) is 19.1 Å². The molecule has 3 heterocycles. The Morgan fingerprint density at radius 3 is 2.71 bits per heavy atom. The molecule has 1 fully saturated rings. The number of nitrogens with zero attached hydrogens (tertiary/aromatic N) is 6. The Labute approximate surface area is 180 Å². The van der Waals surface area contributed by atoms with Gasteiger partial charge in [-0.25, -0.2) is 9.97 Å². The van der Waals surface area contributed by atoms with Crippen LogP contribution < -0.4 is 19.3 Å². The molecule has 0 radical (unpaired) electrons. The molecule has 0 amide bonds. The van der Waals surface area contributed by atoms with Gasteiger partial charge in [-0.1, -0.05) is 6.07 Å². The summed E-state index contributed by atoms with van der Waals surface area (Å²) in [5.41, 5.74) is 1.08. The minimum Gasteiger partial charge on any atom is -0.454 e. The van der Waals surface area contributed by atoms with Crippen molar-refractivity contribution in [1.82, 2.24) is 14.9 Å². The van der Waals surface area contributed by atoms with Gasteiger partial charge in [-0.15, -0.1) is 0 Å². The maximum absolute atomic E-state index is 11.9. The van der Waals surface area contributed by atoms with Gasteiger partial charge >= 0.3 is 5.69 Å². The van der Waals surface area contributed by atoms with Crippen LogP contribution >= 0.6 is 0 Å². The summed E-state index contributed by atoms with van der Waals surface area (Å²) >= 11 is 0. The summed E-state index contributed by atoms with van der Waals surface area (Å²) in [4.78, 5) is 25.9. The first kappa shape index (κ1) is 21.1. The van der Waals surface area contributed by atoms with Gasteiger partial charge in [-0.2, -0.15) is 0 Å². The second-order valence-corrected chi connectivity index (χ2v) is 7.49. The molecule has 1 aromatic heterocycles. The van der Waals surface area contributed by atoms with Crippen LogP contribution in [0.25, 0.3) is 0 Å². The molecule has 0 bridgehead atoms. The molecule has 166 valence electrons. The second-order valence-electron chi connectivity index (χ2n) is 7.49. The number of benzene rings is 1. The fourth-order valence-corrected chi connectivity index (χ4v) is 3.78. The van der Waals surface area contributed by atoms with Gasteiger partial charge in [0.15, 0.2) is 11.5 Å². The first-order valence-corrected chi connectivity index (χ1v) is 10.1. The van der Waals surface area contributed by atoms with E-state index in [0.717, 1.165) is 36.7 Å². The summed E-state index contributed by atoms with van der Waals surface area (Å²) in [6, 6.07) is 5.98. The molecule has 2 aromatic rings. The maximum atomic E-state index is 11.9. The topological polar surface area (TPSA) is 106 Å². The van der Waals surface area contributed by atoms with E-state index >= 15 is 0 Å². The molecule has 0 aliphatic carbocycles. The average molecular weight is 430 g/mol. The Morgan fingerprint density at radius 1 is 1.19 bits per heavy atom.